The SMILES string of the molecule is O=c1c(-c2nnc(CC3(C(F)(F)F)N=c4ccccc4=N3)o2)coc2ccccc12. The first-order valence-corrected chi connectivity index (χ1v) is 8.81. The summed E-state index contributed by atoms with van der Waals surface area (Å²) < 4.78 is 52.4. The summed E-state index contributed by atoms with van der Waals surface area (Å²) in [5.74, 6) is -0.590. The van der Waals surface area contributed by atoms with Crippen LogP contribution in [0.3, 0.4) is 0 Å². The van der Waals surface area contributed by atoms with Crippen LogP contribution in [-0.4, -0.2) is 22.0 Å². The number of benzene rings is 2. The second-order valence-electron chi connectivity index (χ2n) is 6.68. The van der Waals surface area contributed by atoms with Gasteiger partial charge in [0.25, 0.3) is 11.6 Å². The van der Waals surface area contributed by atoms with E-state index in [0.717, 1.165) is 6.26 Å². The molecule has 4 aromatic rings. The van der Waals surface area contributed by atoms with Crippen LogP contribution in [0.15, 0.2) is 78.4 Å². The Balaban J connectivity index is 1.56. The quantitative estimate of drug-likeness (QED) is 0.516. The van der Waals surface area contributed by atoms with Gasteiger partial charge in [0, 0.05) is 0 Å². The minimum absolute atomic E-state index is 0.0444. The Morgan fingerprint density at radius 3 is 2.30 bits per heavy atom. The monoisotopic (exact) mass is 412 g/mol. The number of alkyl halides is 3. The minimum Gasteiger partial charge on any atom is -0.463 e. The number of fused-ring (bicyclic) bond motifs is 2. The molecule has 0 saturated carbocycles. The van der Waals surface area contributed by atoms with Crippen molar-refractivity contribution in [2.45, 2.75) is 18.3 Å². The van der Waals surface area contributed by atoms with E-state index in [1.807, 2.05) is 0 Å². The molecule has 0 saturated heterocycles. The van der Waals surface area contributed by atoms with Crippen molar-refractivity contribution in [3.63, 3.8) is 0 Å². The number of aromatic nitrogens is 2. The highest BCUT2D eigenvalue weighted by Gasteiger charge is 2.57. The molecule has 3 heterocycles. The molecule has 0 atom stereocenters. The normalized spacial score (nSPS) is 14.9. The highest BCUT2D eigenvalue weighted by Crippen LogP contribution is 2.38. The van der Waals surface area contributed by atoms with E-state index in [0.29, 0.717) is 5.58 Å². The number of para-hydroxylation sites is 3. The van der Waals surface area contributed by atoms with Crippen molar-refractivity contribution < 1.29 is 22.0 Å². The van der Waals surface area contributed by atoms with E-state index in [9.17, 15) is 18.0 Å². The van der Waals surface area contributed by atoms with Crippen LogP contribution in [0.5, 0.6) is 0 Å². The summed E-state index contributed by atoms with van der Waals surface area (Å²) >= 11 is 0. The summed E-state index contributed by atoms with van der Waals surface area (Å²) in [5, 5.41) is 7.96. The Bertz CT molecular complexity index is 1420. The van der Waals surface area contributed by atoms with Crippen molar-refractivity contribution in [3.8, 4) is 11.5 Å². The zero-order chi connectivity index (χ0) is 20.9. The second kappa shape index (κ2) is 6.34. The first-order valence-electron chi connectivity index (χ1n) is 8.81. The lowest BCUT2D eigenvalue weighted by molar-refractivity contribution is -0.183. The molecule has 0 unspecified atom stereocenters. The molecule has 2 aromatic carbocycles. The fourth-order valence-electron chi connectivity index (χ4n) is 3.25. The maximum atomic E-state index is 13.9. The highest BCUT2D eigenvalue weighted by atomic mass is 19.4. The Morgan fingerprint density at radius 2 is 1.60 bits per heavy atom. The van der Waals surface area contributed by atoms with Crippen LogP contribution in [0.4, 0.5) is 13.2 Å². The smallest absolute Gasteiger partial charge is 0.434 e. The lowest BCUT2D eigenvalue weighted by atomic mass is 10.1. The van der Waals surface area contributed by atoms with Crippen molar-refractivity contribution in [1.82, 2.24) is 10.2 Å². The van der Waals surface area contributed by atoms with Gasteiger partial charge in [-0.25, -0.2) is 9.98 Å². The maximum absolute atomic E-state index is 13.9. The average molecular weight is 412 g/mol. The predicted octanol–water partition coefficient (Wildman–Crippen LogP) is 2.60. The average Bonchev–Trinajstić information content (AvgIpc) is 3.33. The molecule has 10 heteroatoms. The number of nitrogens with zero attached hydrogens (tertiary/aromatic N) is 4. The zero-order valence-electron chi connectivity index (χ0n) is 15.1. The molecular formula is C20H11F3N4O3. The fourth-order valence-corrected chi connectivity index (χ4v) is 3.25. The van der Waals surface area contributed by atoms with Crippen molar-refractivity contribution in [2.24, 2.45) is 9.98 Å². The molecule has 0 aliphatic carbocycles. The van der Waals surface area contributed by atoms with Gasteiger partial charge in [0.15, 0.2) is 0 Å². The molecule has 0 spiro atoms. The standard InChI is InChI=1S/C20H11F3N4O3/c21-20(22,23)19(24-13-6-2-3-7-14(13)25-19)9-16-26-27-18(30-16)12-10-29-15-8-4-1-5-11(15)17(12)28/h1-8,10H,9H2. The summed E-state index contributed by atoms with van der Waals surface area (Å²) in [5.41, 5.74) is -2.88. The van der Waals surface area contributed by atoms with E-state index in [1.54, 1.807) is 36.4 Å². The van der Waals surface area contributed by atoms with Crippen LogP contribution >= 0.6 is 0 Å². The summed E-state index contributed by atoms with van der Waals surface area (Å²) in [6.07, 6.45) is -4.44. The van der Waals surface area contributed by atoms with E-state index in [-0.39, 0.29) is 33.4 Å². The molecule has 7 nitrogen and oxygen atoms in total. The Hall–Kier alpha value is -3.82. The van der Waals surface area contributed by atoms with Crippen LogP contribution in [0.25, 0.3) is 22.4 Å². The summed E-state index contributed by atoms with van der Waals surface area (Å²) in [4.78, 5) is 20.2. The summed E-state index contributed by atoms with van der Waals surface area (Å²) in [6.45, 7) is 0. The Kier molecular flexibility index (Phi) is 3.85. The Morgan fingerprint density at radius 1 is 0.933 bits per heavy atom. The third kappa shape index (κ3) is 2.79. The molecule has 1 aliphatic rings. The van der Waals surface area contributed by atoms with Gasteiger partial charge in [-0.1, -0.05) is 24.3 Å². The molecule has 30 heavy (non-hydrogen) atoms. The fraction of sp³-hybridized carbons (Fsp3) is 0.150. The largest absolute Gasteiger partial charge is 0.463 e. The van der Waals surface area contributed by atoms with Crippen LogP contribution < -0.4 is 16.1 Å². The van der Waals surface area contributed by atoms with Gasteiger partial charge in [0.2, 0.25) is 11.3 Å². The van der Waals surface area contributed by atoms with Crippen LogP contribution in [0.1, 0.15) is 5.89 Å². The van der Waals surface area contributed by atoms with Gasteiger partial charge in [0.1, 0.15) is 17.4 Å². The number of hydrogen-bond donors (Lipinski definition) is 0. The van der Waals surface area contributed by atoms with Crippen LogP contribution in [0, 0.1) is 0 Å². The van der Waals surface area contributed by atoms with Gasteiger partial charge in [-0.2, -0.15) is 13.2 Å². The van der Waals surface area contributed by atoms with E-state index >= 15 is 0 Å². The van der Waals surface area contributed by atoms with Gasteiger partial charge in [0.05, 0.1) is 22.5 Å². The molecule has 0 bridgehead atoms. The van der Waals surface area contributed by atoms with Crippen molar-refractivity contribution in [1.29, 1.82) is 0 Å². The van der Waals surface area contributed by atoms with Crippen molar-refractivity contribution >= 4 is 11.0 Å². The molecule has 150 valence electrons. The molecule has 5 rings (SSSR count). The number of halogens is 3. The number of rotatable bonds is 3. The molecule has 0 radical (unpaired) electrons. The summed E-state index contributed by atoms with van der Waals surface area (Å²) in [7, 11) is 0. The molecule has 2 aromatic heterocycles. The molecule has 0 fully saturated rings. The third-order valence-corrected chi connectivity index (χ3v) is 4.72. The van der Waals surface area contributed by atoms with Crippen molar-refractivity contribution in [2.75, 3.05) is 0 Å². The van der Waals surface area contributed by atoms with E-state index < -0.39 is 23.7 Å². The predicted molar refractivity (Wildman–Crippen MR) is 97.0 cm³/mol. The third-order valence-electron chi connectivity index (χ3n) is 4.72. The molecule has 1 aliphatic heterocycles. The lowest BCUT2D eigenvalue weighted by Crippen LogP contribution is -2.43. The van der Waals surface area contributed by atoms with Gasteiger partial charge in [-0.05, 0) is 24.3 Å². The molecule has 0 amide bonds. The highest BCUT2D eigenvalue weighted by molar-refractivity contribution is 5.79. The minimum atomic E-state index is -4.79. The van der Waals surface area contributed by atoms with Gasteiger partial charge in [-0.3, -0.25) is 4.79 Å². The first-order chi connectivity index (χ1) is 14.4. The topological polar surface area (TPSA) is 93.8 Å². The van der Waals surface area contributed by atoms with Crippen LogP contribution in [0.2, 0.25) is 0 Å². The summed E-state index contributed by atoms with van der Waals surface area (Å²) in [6, 6.07) is 12.6. The van der Waals surface area contributed by atoms with E-state index in [1.165, 1.54) is 12.1 Å². The van der Waals surface area contributed by atoms with Crippen molar-refractivity contribution in [3.05, 3.63) is 81.6 Å². The van der Waals surface area contributed by atoms with E-state index in [4.69, 9.17) is 8.83 Å². The second-order valence-corrected chi connectivity index (χ2v) is 6.68. The lowest BCUT2D eigenvalue weighted by Gasteiger charge is -2.24. The van der Waals surface area contributed by atoms with E-state index in [2.05, 4.69) is 20.2 Å². The zero-order valence-corrected chi connectivity index (χ0v) is 15.1. The van der Waals surface area contributed by atoms with Crippen LogP contribution in [-0.2, 0) is 6.42 Å². The maximum Gasteiger partial charge on any atom is 0.434 e. The molecule has 0 N–H and O–H groups in total. The molecular weight excluding hydrogens is 401 g/mol. The van der Waals surface area contributed by atoms with Gasteiger partial charge >= 0.3 is 6.18 Å². The van der Waals surface area contributed by atoms with Gasteiger partial charge < -0.3 is 8.83 Å². The first kappa shape index (κ1) is 18.2. The van der Waals surface area contributed by atoms with Gasteiger partial charge in [-0.15, -0.1) is 10.2 Å². The number of hydrogen-bond acceptors (Lipinski definition) is 7. The Labute approximate surface area is 165 Å².